The van der Waals surface area contributed by atoms with Crippen LogP contribution in [0.25, 0.3) is 0 Å². The number of halogens is 1. The highest BCUT2D eigenvalue weighted by Gasteiger charge is 2.51. The molecule has 2 fully saturated rings. The topological polar surface area (TPSA) is 132 Å². The lowest BCUT2D eigenvalue weighted by atomic mass is 9.70. The van der Waals surface area contributed by atoms with E-state index < -0.39 is 11.6 Å². The minimum atomic E-state index is -0.598. The molecule has 5 N–H and O–H groups in total. The number of rotatable bonds is 6. The number of benzene rings is 1. The predicted octanol–water partition coefficient (Wildman–Crippen LogP) is 2.36. The molecule has 0 aliphatic carbocycles. The Labute approximate surface area is 211 Å². The maximum atomic E-state index is 13.4. The van der Waals surface area contributed by atoms with Crippen LogP contribution in [0.15, 0.2) is 23.2 Å². The molecule has 0 aromatic heterocycles. The quantitative estimate of drug-likeness (QED) is 0.309. The van der Waals surface area contributed by atoms with Crippen LogP contribution in [0.3, 0.4) is 0 Å². The summed E-state index contributed by atoms with van der Waals surface area (Å²) in [5.41, 5.74) is 11.4. The van der Waals surface area contributed by atoms with Gasteiger partial charge in [0.1, 0.15) is 17.4 Å². The molecule has 3 aliphatic rings. The number of likely N-dealkylation sites (tertiary alicyclic amines) is 1. The number of ether oxygens (including phenoxy) is 2. The predicted molar refractivity (Wildman–Crippen MR) is 134 cm³/mol. The van der Waals surface area contributed by atoms with Gasteiger partial charge in [-0.1, -0.05) is 11.6 Å². The van der Waals surface area contributed by atoms with Crippen molar-refractivity contribution in [3.63, 3.8) is 0 Å². The van der Waals surface area contributed by atoms with Crippen molar-refractivity contribution in [2.24, 2.45) is 28.3 Å². The van der Waals surface area contributed by atoms with Crippen molar-refractivity contribution in [2.75, 3.05) is 19.6 Å². The number of amides is 2. The van der Waals surface area contributed by atoms with Gasteiger partial charge in [0.25, 0.3) is 0 Å². The van der Waals surface area contributed by atoms with Gasteiger partial charge in [0, 0.05) is 49.0 Å². The summed E-state index contributed by atoms with van der Waals surface area (Å²) >= 11 is 6.29. The van der Waals surface area contributed by atoms with Crippen molar-refractivity contribution in [2.45, 2.75) is 70.3 Å². The van der Waals surface area contributed by atoms with E-state index in [0.29, 0.717) is 37.5 Å². The van der Waals surface area contributed by atoms with Gasteiger partial charge in [-0.15, -0.1) is 0 Å². The molecule has 9 nitrogen and oxygen atoms in total. The van der Waals surface area contributed by atoms with E-state index in [0.717, 1.165) is 24.2 Å². The molecule has 0 saturated carbocycles. The highest BCUT2D eigenvalue weighted by Crippen LogP contribution is 2.53. The number of nitrogens with zero attached hydrogens (tertiary/aromatic N) is 2. The summed E-state index contributed by atoms with van der Waals surface area (Å²) in [4.78, 5) is 31.0. The highest BCUT2D eigenvalue weighted by molar-refractivity contribution is 6.30. The zero-order chi connectivity index (χ0) is 25.3. The first kappa shape index (κ1) is 25.6. The van der Waals surface area contributed by atoms with Crippen molar-refractivity contribution >= 4 is 29.4 Å². The third-order valence-corrected chi connectivity index (χ3v) is 7.62. The van der Waals surface area contributed by atoms with E-state index in [4.69, 9.17) is 32.5 Å². The molecule has 4 rings (SSSR count). The second kappa shape index (κ2) is 10.2. The number of nitrogens with one attached hydrogen (secondary N) is 1. The van der Waals surface area contributed by atoms with E-state index in [2.05, 4.69) is 24.2 Å². The maximum absolute atomic E-state index is 13.4. The molecule has 192 valence electrons. The molecule has 3 heterocycles. The van der Waals surface area contributed by atoms with E-state index in [9.17, 15) is 9.59 Å². The molecule has 0 spiro atoms. The van der Waals surface area contributed by atoms with Crippen LogP contribution in [0.1, 0.15) is 58.1 Å². The minimum absolute atomic E-state index is 0.0181. The zero-order valence-electron chi connectivity index (χ0n) is 20.6. The Morgan fingerprint density at radius 2 is 2.11 bits per heavy atom. The number of hydrogen-bond acceptors (Lipinski definition) is 5. The Balaban J connectivity index is 1.45. The Hall–Kier alpha value is -2.52. The Morgan fingerprint density at radius 3 is 2.83 bits per heavy atom. The monoisotopic (exact) mass is 505 g/mol. The van der Waals surface area contributed by atoms with Crippen molar-refractivity contribution < 1.29 is 19.1 Å². The average Bonchev–Trinajstić information content (AvgIpc) is 2.79. The van der Waals surface area contributed by atoms with Crippen LogP contribution in [-0.4, -0.2) is 60.1 Å². The number of fused-ring (bicyclic) bond motifs is 4. The number of carbonyl (C=O) groups is 2. The van der Waals surface area contributed by atoms with Gasteiger partial charge in [0.2, 0.25) is 11.8 Å². The van der Waals surface area contributed by atoms with Crippen LogP contribution in [0.5, 0.6) is 5.75 Å². The van der Waals surface area contributed by atoms with E-state index in [1.807, 2.05) is 23.1 Å². The number of guanidine groups is 1. The van der Waals surface area contributed by atoms with Crippen LogP contribution in [0.4, 0.5) is 0 Å². The van der Waals surface area contributed by atoms with Crippen LogP contribution in [-0.2, 0) is 14.3 Å². The van der Waals surface area contributed by atoms with Gasteiger partial charge in [-0.3, -0.25) is 14.6 Å². The number of carbonyl (C=O) groups excluding carboxylic acids is 2. The van der Waals surface area contributed by atoms with Crippen LogP contribution in [0, 0.1) is 11.8 Å². The smallest absolute Gasteiger partial charge is 0.245 e. The van der Waals surface area contributed by atoms with E-state index in [1.54, 1.807) is 0 Å². The average molecular weight is 506 g/mol. The van der Waals surface area contributed by atoms with Crippen molar-refractivity contribution in [3.05, 3.63) is 28.8 Å². The summed E-state index contributed by atoms with van der Waals surface area (Å²) in [5.74, 6) is 0.868. The second-order valence-electron chi connectivity index (χ2n) is 10.4. The lowest BCUT2D eigenvalue weighted by molar-refractivity contribution is -0.189. The van der Waals surface area contributed by atoms with Crippen LogP contribution < -0.4 is 21.5 Å². The molecule has 1 aromatic rings. The van der Waals surface area contributed by atoms with Gasteiger partial charge in [0.15, 0.2) is 5.96 Å². The standard InChI is InChI=1S/C25H36ClN5O4/c1-14(32)30-19(5-4-9-29-24(27)28)23(33)31-10-8-20-15(13-31)11-18-22(34-20)17-12-16(26)6-7-21(17)35-25(18,2)3/h6-7,12,15,18-20,22H,4-5,8-11,13H2,1-3H3,(H,30,32)(H4,27,28,29)/t15-,18+,19-,20+,22-/m0/s1. The zero-order valence-corrected chi connectivity index (χ0v) is 21.4. The highest BCUT2D eigenvalue weighted by atomic mass is 35.5. The van der Waals surface area contributed by atoms with Gasteiger partial charge in [-0.2, -0.15) is 0 Å². The molecular formula is C25H36ClN5O4. The van der Waals surface area contributed by atoms with Crippen LogP contribution >= 0.6 is 11.6 Å². The van der Waals surface area contributed by atoms with Crippen molar-refractivity contribution in [1.29, 1.82) is 0 Å². The van der Waals surface area contributed by atoms with E-state index >= 15 is 0 Å². The number of nitrogens with two attached hydrogens (primary N) is 2. The third kappa shape index (κ3) is 5.67. The van der Waals surface area contributed by atoms with Crippen LogP contribution in [0.2, 0.25) is 5.02 Å². The normalized spacial score (nSPS) is 27.4. The summed E-state index contributed by atoms with van der Waals surface area (Å²) in [6.45, 7) is 7.21. The molecule has 10 heteroatoms. The number of piperidine rings is 1. The Kier molecular flexibility index (Phi) is 7.47. The minimum Gasteiger partial charge on any atom is -0.487 e. The molecule has 0 radical (unpaired) electrons. The summed E-state index contributed by atoms with van der Waals surface area (Å²) in [5, 5.41) is 3.47. The van der Waals surface area contributed by atoms with Gasteiger partial charge in [-0.05, 0) is 57.7 Å². The number of aliphatic imine (C=N–C) groups is 1. The largest absolute Gasteiger partial charge is 0.487 e. The van der Waals surface area contributed by atoms with Gasteiger partial charge in [-0.25, -0.2) is 0 Å². The fraction of sp³-hybridized carbons (Fsp3) is 0.640. The summed E-state index contributed by atoms with van der Waals surface area (Å²) < 4.78 is 13.0. The lowest BCUT2D eigenvalue weighted by Gasteiger charge is -2.53. The molecule has 3 aliphatic heterocycles. The fourth-order valence-electron chi connectivity index (χ4n) is 5.71. The first-order valence-electron chi connectivity index (χ1n) is 12.3. The SMILES string of the molecule is CC(=O)N[C@@H](CCCN=C(N)N)C(=O)N1CC[C@H]2O[C@H]3c4cc(Cl)ccc4OC(C)(C)[C@@H]3C[C@H]2C1. The molecule has 5 atom stereocenters. The molecule has 35 heavy (non-hydrogen) atoms. The fourth-order valence-corrected chi connectivity index (χ4v) is 5.89. The molecule has 1 aromatic carbocycles. The van der Waals surface area contributed by atoms with Crippen molar-refractivity contribution in [1.82, 2.24) is 10.2 Å². The maximum Gasteiger partial charge on any atom is 0.245 e. The Morgan fingerprint density at radius 1 is 1.34 bits per heavy atom. The molecule has 2 saturated heterocycles. The third-order valence-electron chi connectivity index (χ3n) is 7.38. The lowest BCUT2D eigenvalue weighted by Crippen LogP contribution is -2.58. The molecular weight excluding hydrogens is 470 g/mol. The Bertz CT molecular complexity index is 996. The summed E-state index contributed by atoms with van der Waals surface area (Å²) in [6, 6.07) is 5.11. The van der Waals surface area contributed by atoms with Gasteiger partial charge < -0.3 is 31.2 Å². The van der Waals surface area contributed by atoms with Gasteiger partial charge in [0.05, 0.1) is 12.2 Å². The molecule has 2 amide bonds. The van der Waals surface area contributed by atoms with E-state index in [1.165, 1.54) is 6.92 Å². The van der Waals surface area contributed by atoms with Gasteiger partial charge >= 0.3 is 0 Å². The van der Waals surface area contributed by atoms with Crippen molar-refractivity contribution in [3.8, 4) is 5.75 Å². The number of hydrogen-bond donors (Lipinski definition) is 3. The second-order valence-corrected chi connectivity index (χ2v) is 10.8. The molecule has 0 unspecified atom stereocenters. The van der Waals surface area contributed by atoms with E-state index in [-0.39, 0.29) is 41.8 Å². The first-order valence-corrected chi connectivity index (χ1v) is 12.7. The summed E-state index contributed by atoms with van der Waals surface area (Å²) in [7, 11) is 0. The molecule has 0 bridgehead atoms. The first-order chi connectivity index (χ1) is 16.5. The summed E-state index contributed by atoms with van der Waals surface area (Å²) in [6.07, 6.45) is 2.67.